The molecule has 0 saturated heterocycles. The maximum absolute atomic E-state index is 14.7. The first kappa shape index (κ1) is 26.7. The summed E-state index contributed by atoms with van der Waals surface area (Å²) >= 11 is 3.20. The first-order chi connectivity index (χ1) is 18.3. The number of phenolic OH excluding ortho intramolecular Hbond substituents is 1. The predicted octanol–water partition coefficient (Wildman–Crippen LogP) is 4.46. The molecule has 0 bridgehead atoms. The van der Waals surface area contributed by atoms with Crippen LogP contribution in [0.5, 0.6) is 17.2 Å². The Morgan fingerprint density at radius 3 is 2.84 bits per heavy atom. The number of carbonyl (C=O) groups excluding carboxylic acids is 1. The first-order valence-electron chi connectivity index (χ1n) is 11.3. The van der Waals surface area contributed by atoms with Crippen LogP contribution in [0.2, 0.25) is 0 Å². The summed E-state index contributed by atoms with van der Waals surface area (Å²) in [7, 11) is 3.96. The van der Waals surface area contributed by atoms with Crippen LogP contribution in [0.1, 0.15) is 5.56 Å². The van der Waals surface area contributed by atoms with Crippen molar-refractivity contribution in [3.63, 3.8) is 0 Å². The molecule has 11 nitrogen and oxygen atoms in total. The van der Waals surface area contributed by atoms with Gasteiger partial charge in [0.25, 0.3) is 0 Å². The van der Waals surface area contributed by atoms with Crippen molar-refractivity contribution in [2.75, 3.05) is 26.0 Å². The summed E-state index contributed by atoms with van der Waals surface area (Å²) in [6, 6.07) is 11.4. The van der Waals surface area contributed by atoms with Gasteiger partial charge in [0.1, 0.15) is 23.5 Å². The lowest BCUT2D eigenvalue weighted by Gasteiger charge is -2.12. The molecule has 0 unspecified atom stereocenters. The van der Waals surface area contributed by atoms with E-state index >= 15 is 0 Å². The Kier molecular flexibility index (Phi) is 8.61. The van der Waals surface area contributed by atoms with E-state index in [9.17, 15) is 14.3 Å². The second kappa shape index (κ2) is 12.3. The van der Waals surface area contributed by atoms with E-state index in [0.29, 0.717) is 33.8 Å². The van der Waals surface area contributed by atoms with Crippen LogP contribution in [0.3, 0.4) is 0 Å². The third-order valence-corrected chi connectivity index (χ3v) is 5.77. The van der Waals surface area contributed by atoms with Gasteiger partial charge in [0, 0.05) is 37.1 Å². The van der Waals surface area contributed by atoms with E-state index in [4.69, 9.17) is 4.74 Å². The topological polar surface area (TPSA) is 130 Å². The van der Waals surface area contributed by atoms with Gasteiger partial charge in [-0.05, 0) is 72.0 Å². The van der Waals surface area contributed by atoms with Gasteiger partial charge in [-0.1, -0.05) is 0 Å². The molecule has 0 aliphatic rings. The predicted molar refractivity (Wildman–Crippen MR) is 144 cm³/mol. The van der Waals surface area contributed by atoms with Gasteiger partial charge in [0.05, 0.1) is 10.7 Å². The van der Waals surface area contributed by atoms with Crippen LogP contribution in [0.4, 0.5) is 14.9 Å². The van der Waals surface area contributed by atoms with Gasteiger partial charge in [-0.3, -0.25) is 4.98 Å². The third-order valence-electron chi connectivity index (χ3n) is 5.13. The number of carbonyl (C=O) groups is 1. The maximum atomic E-state index is 14.7. The van der Waals surface area contributed by atoms with Crippen molar-refractivity contribution in [2.45, 2.75) is 6.54 Å². The summed E-state index contributed by atoms with van der Waals surface area (Å²) in [6.07, 6.45) is 4.58. The molecule has 4 aromatic rings. The second-order valence-corrected chi connectivity index (χ2v) is 9.16. The SMILES string of the molecule is CN(C)CCn1cnnc1-c1cc(Oc2ccc(NC(=O)N/N=C/c3ccc(O)c(Br)c3)cc2F)ccn1. The van der Waals surface area contributed by atoms with Gasteiger partial charge in [0.2, 0.25) is 0 Å². The van der Waals surface area contributed by atoms with Crippen molar-refractivity contribution >= 4 is 33.9 Å². The highest BCUT2D eigenvalue weighted by molar-refractivity contribution is 9.10. The van der Waals surface area contributed by atoms with E-state index in [0.717, 1.165) is 12.6 Å². The average Bonchev–Trinajstić information content (AvgIpc) is 3.36. The smallest absolute Gasteiger partial charge is 0.339 e. The van der Waals surface area contributed by atoms with Gasteiger partial charge in [0.15, 0.2) is 17.4 Å². The van der Waals surface area contributed by atoms with Gasteiger partial charge in [-0.25, -0.2) is 14.6 Å². The van der Waals surface area contributed by atoms with Gasteiger partial charge in [-0.2, -0.15) is 5.10 Å². The van der Waals surface area contributed by atoms with Crippen LogP contribution in [-0.2, 0) is 6.54 Å². The number of halogens is 2. The summed E-state index contributed by atoms with van der Waals surface area (Å²) in [4.78, 5) is 18.5. The van der Waals surface area contributed by atoms with E-state index in [1.54, 1.807) is 36.8 Å². The molecule has 4 rings (SSSR count). The summed E-state index contributed by atoms with van der Waals surface area (Å²) < 4.78 is 22.8. The van der Waals surface area contributed by atoms with Crippen LogP contribution in [-0.4, -0.2) is 62.6 Å². The highest BCUT2D eigenvalue weighted by Crippen LogP contribution is 2.28. The lowest BCUT2D eigenvalue weighted by Crippen LogP contribution is -2.24. The zero-order chi connectivity index (χ0) is 27.1. The number of ether oxygens (including phenoxy) is 1. The molecule has 0 aliphatic carbocycles. The molecule has 0 fully saturated rings. The van der Waals surface area contributed by atoms with Crippen LogP contribution in [0.15, 0.2) is 70.6 Å². The van der Waals surface area contributed by atoms with Crippen LogP contribution in [0.25, 0.3) is 11.5 Å². The van der Waals surface area contributed by atoms with E-state index in [1.807, 2.05) is 23.6 Å². The summed E-state index contributed by atoms with van der Waals surface area (Å²) in [6.45, 7) is 1.48. The standard InChI is InChI=1S/C25H24BrFN8O3/c1-34(2)9-10-35-15-30-32-24(35)21-13-18(7-8-28-21)38-23-6-4-17(12-20(23)27)31-25(37)33-29-14-16-3-5-22(36)19(26)11-16/h3-8,11-15,36H,9-10H2,1-2H3,(H2,31,33,37)/b29-14+. The fourth-order valence-corrected chi connectivity index (χ4v) is 3.63. The Labute approximate surface area is 226 Å². The fraction of sp³-hybridized carbons (Fsp3) is 0.160. The van der Waals surface area contributed by atoms with E-state index in [2.05, 4.69) is 47.0 Å². The lowest BCUT2D eigenvalue weighted by molar-refractivity contribution is 0.252. The molecule has 38 heavy (non-hydrogen) atoms. The zero-order valence-electron chi connectivity index (χ0n) is 20.5. The number of aromatic nitrogens is 4. The van der Waals surface area contributed by atoms with Gasteiger partial charge >= 0.3 is 6.03 Å². The molecule has 0 radical (unpaired) electrons. The molecule has 0 spiro atoms. The van der Waals surface area contributed by atoms with Crippen molar-refractivity contribution in [2.24, 2.45) is 5.10 Å². The number of hydrogen-bond acceptors (Lipinski definition) is 8. The molecule has 2 heterocycles. The van der Waals surface area contributed by atoms with Crippen molar-refractivity contribution in [1.82, 2.24) is 30.1 Å². The van der Waals surface area contributed by atoms with E-state index in [-0.39, 0.29) is 17.2 Å². The summed E-state index contributed by atoms with van der Waals surface area (Å²) in [5.41, 5.74) is 3.68. The Morgan fingerprint density at radius 1 is 1.24 bits per heavy atom. The molecule has 0 aliphatic heterocycles. The van der Waals surface area contributed by atoms with Crippen molar-refractivity contribution in [3.05, 3.63) is 76.9 Å². The third kappa shape index (κ3) is 7.11. The number of anilines is 1. The van der Waals surface area contributed by atoms with Gasteiger partial charge in [-0.15, -0.1) is 10.2 Å². The largest absolute Gasteiger partial charge is 0.507 e. The quantitative estimate of drug-likeness (QED) is 0.196. The monoisotopic (exact) mass is 582 g/mol. The maximum Gasteiger partial charge on any atom is 0.339 e. The number of rotatable bonds is 9. The average molecular weight is 583 g/mol. The van der Waals surface area contributed by atoms with Crippen LogP contribution >= 0.6 is 15.9 Å². The number of amides is 2. The van der Waals surface area contributed by atoms with Crippen LogP contribution < -0.4 is 15.5 Å². The minimum atomic E-state index is -0.673. The molecule has 2 aromatic carbocycles. The second-order valence-electron chi connectivity index (χ2n) is 8.31. The number of urea groups is 1. The molecular formula is C25H24BrFN8O3. The van der Waals surface area contributed by atoms with E-state index < -0.39 is 11.8 Å². The lowest BCUT2D eigenvalue weighted by atomic mass is 10.2. The number of benzene rings is 2. The van der Waals surface area contributed by atoms with Crippen molar-refractivity contribution in [1.29, 1.82) is 0 Å². The molecule has 0 saturated carbocycles. The molecule has 2 amide bonds. The molecule has 3 N–H and O–H groups in total. The fourth-order valence-electron chi connectivity index (χ4n) is 3.24. The Bertz CT molecular complexity index is 1460. The number of hydrogen-bond donors (Lipinski definition) is 3. The first-order valence-corrected chi connectivity index (χ1v) is 12.1. The van der Waals surface area contributed by atoms with E-state index in [1.165, 1.54) is 24.4 Å². The number of phenols is 1. The Morgan fingerprint density at radius 2 is 2.08 bits per heavy atom. The molecule has 196 valence electrons. The van der Waals surface area contributed by atoms with Crippen molar-refractivity contribution < 1.29 is 19.0 Å². The molecular weight excluding hydrogens is 559 g/mol. The van der Waals surface area contributed by atoms with Crippen molar-refractivity contribution in [3.8, 4) is 28.8 Å². The number of pyridine rings is 1. The van der Waals surface area contributed by atoms with Crippen LogP contribution in [0, 0.1) is 5.82 Å². The molecule has 13 heteroatoms. The summed E-state index contributed by atoms with van der Waals surface area (Å²) in [5.74, 6) is 0.325. The van der Waals surface area contributed by atoms with Gasteiger partial charge < -0.3 is 24.6 Å². The number of nitrogens with one attached hydrogen (secondary N) is 2. The highest BCUT2D eigenvalue weighted by atomic mass is 79.9. The molecule has 2 aromatic heterocycles. The highest BCUT2D eigenvalue weighted by Gasteiger charge is 2.13. The number of nitrogens with zero attached hydrogens (tertiary/aromatic N) is 6. The number of likely N-dealkylation sites (N-methyl/N-ethyl adjacent to an activating group) is 1. The minimum absolute atomic E-state index is 0.0295. The zero-order valence-corrected chi connectivity index (χ0v) is 22.1. The number of aromatic hydroxyl groups is 1. The Hall–Kier alpha value is -4.36. The Balaban J connectivity index is 1.37. The number of hydrazone groups is 1. The molecule has 0 atom stereocenters. The normalized spacial score (nSPS) is 11.2. The minimum Gasteiger partial charge on any atom is -0.507 e. The summed E-state index contributed by atoms with van der Waals surface area (Å²) in [5, 5.41) is 24.0.